The molecule has 0 aromatic heterocycles. The number of esters is 1. The summed E-state index contributed by atoms with van der Waals surface area (Å²) in [4.78, 5) is 37.8. The minimum atomic E-state index is -4.46. The number of phosphoric acid groups is 1. The molecule has 0 radical (unpaired) electrons. The SMILES string of the molecule is CCCCC/C=C\C/C=C\C/C=C\C/C=C\CCCCCC(=O)OC(/C=C/CCCCCCCCCCCCC)C(COP(=O)(O)OCC[N+](C)(C)C)NC(=O)CCCCCCCCCCCCC/C=C\C/C=C\CCCCC. The quantitative estimate of drug-likeness (QED) is 0.0205. The van der Waals surface area contributed by atoms with Gasteiger partial charge in [0.05, 0.1) is 33.8 Å². The largest absolute Gasteiger partial charge is 0.472 e. The van der Waals surface area contributed by atoms with Crippen molar-refractivity contribution in [2.45, 2.75) is 303 Å². The van der Waals surface area contributed by atoms with Crippen molar-refractivity contribution in [2.75, 3.05) is 40.9 Å². The zero-order valence-corrected chi connectivity index (χ0v) is 53.2. The Labute approximate surface area is 488 Å². The van der Waals surface area contributed by atoms with E-state index in [9.17, 15) is 19.0 Å². The first-order valence-electron chi connectivity index (χ1n) is 32.9. The number of phosphoric ester groups is 1. The molecule has 0 aromatic carbocycles. The van der Waals surface area contributed by atoms with Gasteiger partial charge in [-0.05, 0) is 109 Å². The van der Waals surface area contributed by atoms with Crippen molar-refractivity contribution < 1.29 is 37.3 Å². The molecule has 0 aliphatic carbocycles. The highest BCUT2D eigenvalue weighted by molar-refractivity contribution is 7.47. The number of nitrogens with one attached hydrogen (secondary N) is 1. The molecule has 3 atom stereocenters. The third kappa shape index (κ3) is 59.6. The molecule has 2 N–H and O–H groups in total. The standard InChI is InChI=1S/C69H125N2O7P/c1-7-10-13-16-19-22-25-28-30-32-34-35-37-38-40-43-46-49-52-55-58-61-68(72)70-66(65-77-79(74,75)76-64-63-71(4,5)6)67(60-57-54-51-48-45-42-27-24-21-18-15-12-9-3)78-69(73)62-59-56-53-50-47-44-41-39-36-33-31-29-26-23-20-17-14-11-8-2/h19-20,22-23,28-31,36,39,44,47,57,60,66-67H,7-18,21,24-27,32-35,37-38,40-43,45-46,48-56,58-59,61-65H2,1-6H3,(H-,70,72,74,75)/p+1/b22-19-,23-20-,30-28-,31-29-,39-36-,47-44-,60-57+. The van der Waals surface area contributed by atoms with Crippen LogP contribution < -0.4 is 5.32 Å². The molecule has 0 saturated carbocycles. The molecule has 0 spiro atoms. The van der Waals surface area contributed by atoms with Gasteiger partial charge in [0.2, 0.25) is 5.91 Å². The number of amides is 1. The summed E-state index contributed by atoms with van der Waals surface area (Å²) in [6.45, 7) is 6.95. The maximum Gasteiger partial charge on any atom is 0.472 e. The van der Waals surface area contributed by atoms with Gasteiger partial charge in [0, 0.05) is 12.8 Å². The molecule has 9 nitrogen and oxygen atoms in total. The van der Waals surface area contributed by atoms with E-state index >= 15 is 0 Å². The fraction of sp³-hybridized carbons (Fsp3) is 0.768. The van der Waals surface area contributed by atoms with E-state index in [1.54, 1.807) is 0 Å². The Morgan fingerprint density at radius 3 is 1.19 bits per heavy atom. The molecule has 10 heteroatoms. The smallest absolute Gasteiger partial charge is 0.456 e. The monoisotopic (exact) mass is 1130 g/mol. The molecule has 458 valence electrons. The van der Waals surface area contributed by atoms with E-state index in [0.29, 0.717) is 23.9 Å². The number of rotatable bonds is 59. The molecule has 0 rings (SSSR count). The lowest BCUT2D eigenvalue weighted by Gasteiger charge is -2.27. The lowest BCUT2D eigenvalue weighted by atomic mass is 10.0. The summed E-state index contributed by atoms with van der Waals surface area (Å²) in [5.74, 6) is -0.540. The van der Waals surface area contributed by atoms with E-state index in [-0.39, 0.29) is 31.5 Å². The minimum Gasteiger partial charge on any atom is -0.456 e. The third-order valence-corrected chi connectivity index (χ3v) is 15.3. The highest BCUT2D eigenvalue weighted by Gasteiger charge is 2.30. The number of hydrogen-bond donors (Lipinski definition) is 2. The first kappa shape index (κ1) is 76.2. The molecule has 0 heterocycles. The van der Waals surface area contributed by atoms with Crippen LogP contribution in [-0.4, -0.2) is 74.3 Å². The first-order valence-corrected chi connectivity index (χ1v) is 34.4. The minimum absolute atomic E-state index is 0.0317. The van der Waals surface area contributed by atoms with Gasteiger partial charge in [0.1, 0.15) is 19.3 Å². The number of nitrogens with zero attached hydrogens (tertiary/aromatic N) is 1. The van der Waals surface area contributed by atoms with Crippen LogP contribution in [0.5, 0.6) is 0 Å². The van der Waals surface area contributed by atoms with Gasteiger partial charge in [0.25, 0.3) is 0 Å². The van der Waals surface area contributed by atoms with E-state index in [4.69, 9.17) is 13.8 Å². The fourth-order valence-corrected chi connectivity index (χ4v) is 9.93. The molecule has 0 saturated heterocycles. The van der Waals surface area contributed by atoms with Crippen LogP contribution in [0.4, 0.5) is 0 Å². The van der Waals surface area contributed by atoms with E-state index in [1.165, 1.54) is 167 Å². The Hall–Kier alpha value is -2.81. The Morgan fingerprint density at radius 1 is 0.443 bits per heavy atom. The molecule has 1 amide bonds. The van der Waals surface area contributed by atoms with E-state index in [1.807, 2.05) is 33.3 Å². The van der Waals surface area contributed by atoms with Crippen molar-refractivity contribution in [3.8, 4) is 0 Å². The summed E-state index contributed by atoms with van der Waals surface area (Å²) >= 11 is 0. The third-order valence-electron chi connectivity index (χ3n) is 14.3. The van der Waals surface area contributed by atoms with Crippen LogP contribution in [0.2, 0.25) is 0 Å². The van der Waals surface area contributed by atoms with Crippen molar-refractivity contribution in [3.05, 3.63) is 85.1 Å². The van der Waals surface area contributed by atoms with Crippen LogP contribution in [0, 0.1) is 0 Å². The second-order valence-corrected chi connectivity index (χ2v) is 24.7. The Kier molecular flexibility index (Phi) is 56.3. The van der Waals surface area contributed by atoms with Crippen molar-refractivity contribution >= 4 is 19.7 Å². The summed E-state index contributed by atoms with van der Waals surface area (Å²) in [6.07, 6.45) is 77.2. The first-order chi connectivity index (χ1) is 38.4. The molecule has 3 unspecified atom stereocenters. The maximum atomic E-state index is 13.6. The van der Waals surface area contributed by atoms with Crippen LogP contribution in [0.15, 0.2) is 85.1 Å². The molecule has 0 fully saturated rings. The maximum absolute atomic E-state index is 13.6. The summed E-state index contributed by atoms with van der Waals surface area (Å²) in [6, 6.07) is -0.867. The molecular formula is C69H126N2O7P+. The van der Waals surface area contributed by atoms with Crippen LogP contribution in [0.1, 0.15) is 290 Å². The molecule has 0 aliphatic heterocycles. The van der Waals surface area contributed by atoms with Gasteiger partial charge in [-0.2, -0.15) is 0 Å². The Morgan fingerprint density at radius 2 is 0.772 bits per heavy atom. The second-order valence-electron chi connectivity index (χ2n) is 23.3. The zero-order chi connectivity index (χ0) is 57.9. The number of quaternary nitrogens is 1. The summed E-state index contributed by atoms with van der Waals surface area (Å²) < 4.78 is 30.7. The number of ether oxygens (including phenoxy) is 1. The number of hydrogen-bond acceptors (Lipinski definition) is 6. The number of likely N-dealkylation sites (N-methyl/N-ethyl adjacent to an activating group) is 1. The van der Waals surface area contributed by atoms with Gasteiger partial charge >= 0.3 is 13.8 Å². The van der Waals surface area contributed by atoms with Crippen LogP contribution >= 0.6 is 7.82 Å². The topological polar surface area (TPSA) is 111 Å². The van der Waals surface area contributed by atoms with Gasteiger partial charge in [-0.15, -0.1) is 0 Å². The average molecular weight is 1130 g/mol. The highest BCUT2D eigenvalue weighted by Crippen LogP contribution is 2.43. The molecule has 0 aliphatic rings. The Balaban J connectivity index is 5.28. The highest BCUT2D eigenvalue weighted by atomic mass is 31.2. The second kappa shape index (κ2) is 58.4. The lowest BCUT2D eigenvalue weighted by Crippen LogP contribution is -2.47. The predicted molar refractivity (Wildman–Crippen MR) is 341 cm³/mol. The van der Waals surface area contributed by atoms with Crippen molar-refractivity contribution in [1.29, 1.82) is 0 Å². The van der Waals surface area contributed by atoms with Crippen LogP contribution in [0.25, 0.3) is 0 Å². The van der Waals surface area contributed by atoms with Crippen molar-refractivity contribution in [2.24, 2.45) is 0 Å². The van der Waals surface area contributed by atoms with E-state index in [2.05, 4.69) is 99.0 Å². The van der Waals surface area contributed by atoms with Gasteiger partial charge in [-0.25, -0.2) is 4.57 Å². The van der Waals surface area contributed by atoms with Crippen molar-refractivity contribution in [1.82, 2.24) is 5.32 Å². The van der Waals surface area contributed by atoms with Gasteiger partial charge in [0.15, 0.2) is 0 Å². The summed E-state index contributed by atoms with van der Waals surface area (Å²) in [5, 5.41) is 3.06. The van der Waals surface area contributed by atoms with E-state index < -0.39 is 20.0 Å². The summed E-state index contributed by atoms with van der Waals surface area (Å²) in [5.41, 5.74) is 0. The number of allylic oxidation sites excluding steroid dienone is 13. The molecule has 79 heavy (non-hydrogen) atoms. The predicted octanol–water partition coefficient (Wildman–Crippen LogP) is 20.6. The normalized spacial score (nSPS) is 14.2. The number of carbonyl (C=O) groups is 2. The van der Waals surface area contributed by atoms with Crippen molar-refractivity contribution in [3.63, 3.8) is 0 Å². The molecular weight excluding hydrogens is 1000 g/mol. The average Bonchev–Trinajstić information content (AvgIpc) is 3.41. The van der Waals surface area contributed by atoms with E-state index in [0.717, 1.165) is 83.5 Å². The lowest BCUT2D eigenvalue weighted by molar-refractivity contribution is -0.870. The summed E-state index contributed by atoms with van der Waals surface area (Å²) in [7, 11) is 1.47. The number of carbonyl (C=O) groups excluding carboxylic acids is 2. The zero-order valence-electron chi connectivity index (χ0n) is 52.3. The number of unbranched alkanes of at least 4 members (excludes halogenated alkanes) is 31. The molecule has 0 aromatic rings. The van der Waals surface area contributed by atoms with Gasteiger partial charge < -0.3 is 19.4 Å². The van der Waals surface area contributed by atoms with Gasteiger partial charge in [-0.1, -0.05) is 254 Å². The van der Waals surface area contributed by atoms with Gasteiger partial charge in [-0.3, -0.25) is 18.6 Å². The fourth-order valence-electron chi connectivity index (χ4n) is 9.19. The van der Waals surface area contributed by atoms with Crippen LogP contribution in [-0.2, 0) is 27.9 Å². The molecule has 0 bridgehead atoms. The Bertz CT molecular complexity index is 1630. The van der Waals surface area contributed by atoms with Crippen LogP contribution in [0.3, 0.4) is 0 Å².